The standard InChI is InChI=1S/C16H17ClN4OS/c1-11-19-14(10-23-11)9-18-16-8-15(20-21(16)5-6-22)12-3-2-4-13(17)7-12/h2-4,7-8,10,18,22H,5-6,9H2,1H3. The minimum absolute atomic E-state index is 0.0289. The molecule has 0 amide bonds. The van der Waals surface area contributed by atoms with Crippen molar-refractivity contribution in [1.29, 1.82) is 0 Å². The maximum atomic E-state index is 9.24. The normalized spacial score (nSPS) is 10.9. The smallest absolute Gasteiger partial charge is 0.125 e. The van der Waals surface area contributed by atoms with Gasteiger partial charge in [0, 0.05) is 22.0 Å². The van der Waals surface area contributed by atoms with Crippen LogP contribution in [0.4, 0.5) is 5.82 Å². The highest BCUT2D eigenvalue weighted by atomic mass is 35.5. The molecular formula is C16H17ClN4OS. The van der Waals surface area contributed by atoms with Crippen LogP contribution in [0.3, 0.4) is 0 Å². The number of aliphatic hydroxyl groups excluding tert-OH is 1. The first-order chi connectivity index (χ1) is 11.2. The fraction of sp³-hybridized carbons (Fsp3) is 0.250. The van der Waals surface area contributed by atoms with E-state index < -0.39 is 0 Å². The number of aromatic nitrogens is 3. The zero-order chi connectivity index (χ0) is 16.2. The van der Waals surface area contributed by atoms with Gasteiger partial charge in [0.2, 0.25) is 0 Å². The number of thiazole rings is 1. The molecule has 0 aliphatic rings. The number of aliphatic hydroxyl groups is 1. The van der Waals surface area contributed by atoms with Crippen LogP contribution in [0.5, 0.6) is 0 Å². The Bertz CT molecular complexity index is 799. The molecule has 3 rings (SSSR count). The fourth-order valence-electron chi connectivity index (χ4n) is 2.28. The van der Waals surface area contributed by atoms with Gasteiger partial charge in [-0.3, -0.25) is 0 Å². The first kappa shape index (κ1) is 16.0. The van der Waals surface area contributed by atoms with Crippen molar-refractivity contribution in [3.8, 4) is 11.3 Å². The summed E-state index contributed by atoms with van der Waals surface area (Å²) in [6.07, 6.45) is 0. The summed E-state index contributed by atoms with van der Waals surface area (Å²) in [6, 6.07) is 9.53. The molecule has 0 bridgehead atoms. The quantitative estimate of drug-likeness (QED) is 0.714. The molecule has 0 saturated carbocycles. The number of halogens is 1. The number of nitrogens with one attached hydrogen (secondary N) is 1. The van der Waals surface area contributed by atoms with Crippen LogP contribution in [0, 0.1) is 6.92 Å². The molecule has 0 aliphatic carbocycles. The molecule has 0 atom stereocenters. The number of aryl methyl sites for hydroxylation is 1. The first-order valence-electron chi connectivity index (χ1n) is 7.25. The summed E-state index contributed by atoms with van der Waals surface area (Å²) in [4.78, 5) is 4.44. The van der Waals surface area contributed by atoms with Gasteiger partial charge in [-0.2, -0.15) is 5.10 Å². The molecule has 5 nitrogen and oxygen atoms in total. The van der Waals surface area contributed by atoms with Crippen molar-refractivity contribution < 1.29 is 5.11 Å². The van der Waals surface area contributed by atoms with Crippen molar-refractivity contribution in [3.05, 3.63) is 51.4 Å². The van der Waals surface area contributed by atoms with Gasteiger partial charge in [0.25, 0.3) is 0 Å². The second-order valence-electron chi connectivity index (χ2n) is 5.08. The van der Waals surface area contributed by atoms with E-state index in [2.05, 4.69) is 15.4 Å². The topological polar surface area (TPSA) is 63.0 Å². The molecule has 2 aromatic heterocycles. The second kappa shape index (κ2) is 7.12. The van der Waals surface area contributed by atoms with E-state index in [0.29, 0.717) is 18.1 Å². The van der Waals surface area contributed by atoms with E-state index >= 15 is 0 Å². The maximum absolute atomic E-state index is 9.24. The molecule has 0 fully saturated rings. The number of anilines is 1. The number of hydrogen-bond donors (Lipinski definition) is 2. The molecule has 0 aliphatic heterocycles. The van der Waals surface area contributed by atoms with Gasteiger partial charge in [0.15, 0.2) is 0 Å². The minimum Gasteiger partial charge on any atom is -0.394 e. The Kier molecular flexibility index (Phi) is 4.95. The highest BCUT2D eigenvalue weighted by Gasteiger charge is 2.10. The maximum Gasteiger partial charge on any atom is 0.125 e. The van der Waals surface area contributed by atoms with Crippen molar-refractivity contribution in [3.63, 3.8) is 0 Å². The summed E-state index contributed by atoms with van der Waals surface area (Å²) in [5.74, 6) is 0.847. The molecule has 0 unspecified atom stereocenters. The van der Waals surface area contributed by atoms with Crippen LogP contribution in [0.15, 0.2) is 35.7 Å². The zero-order valence-electron chi connectivity index (χ0n) is 12.7. The van der Waals surface area contributed by atoms with Gasteiger partial charge in [-0.05, 0) is 19.1 Å². The average Bonchev–Trinajstić information content (AvgIpc) is 3.12. The largest absolute Gasteiger partial charge is 0.394 e. The Hall–Kier alpha value is -1.89. The van der Waals surface area contributed by atoms with Gasteiger partial charge in [-0.1, -0.05) is 23.7 Å². The summed E-state index contributed by atoms with van der Waals surface area (Å²) < 4.78 is 1.76. The third-order valence-corrected chi connectivity index (χ3v) is 4.39. The van der Waals surface area contributed by atoms with Gasteiger partial charge in [-0.25, -0.2) is 9.67 Å². The fourth-order valence-corrected chi connectivity index (χ4v) is 3.09. The highest BCUT2D eigenvalue weighted by molar-refractivity contribution is 7.09. The van der Waals surface area contributed by atoms with Gasteiger partial charge in [0.05, 0.1) is 36.1 Å². The van der Waals surface area contributed by atoms with Crippen LogP contribution in [-0.4, -0.2) is 26.5 Å². The van der Waals surface area contributed by atoms with E-state index in [1.165, 1.54) is 0 Å². The molecular weight excluding hydrogens is 332 g/mol. The summed E-state index contributed by atoms with van der Waals surface area (Å²) >= 11 is 7.68. The van der Waals surface area contributed by atoms with Crippen molar-refractivity contribution >= 4 is 28.8 Å². The third kappa shape index (κ3) is 3.90. The summed E-state index contributed by atoms with van der Waals surface area (Å²) in [5.41, 5.74) is 2.76. The van der Waals surface area contributed by atoms with Crippen LogP contribution >= 0.6 is 22.9 Å². The lowest BCUT2D eigenvalue weighted by Crippen LogP contribution is -2.10. The van der Waals surface area contributed by atoms with Crippen LogP contribution < -0.4 is 5.32 Å². The number of rotatable bonds is 6. The van der Waals surface area contributed by atoms with E-state index in [4.69, 9.17) is 11.6 Å². The van der Waals surface area contributed by atoms with Gasteiger partial charge < -0.3 is 10.4 Å². The van der Waals surface area contributed by atoms with Gasteiger partial charge in [-0.15, -0.1) is 11.3 Å². The van der Waals surface area contributed by atoms with E-state index in [9.17, 15) is 5.11 Å². The average molecular weight is 349 g/mol. The number of nitrogens with zero attached hydrogens (tertiary/aromatic N) is 3. The predicted octanol–water partition coefficient (Wildman–Crippen LogP) is 3.57. The zero-order valence-corrected chi connectivity index (χ0v) is 14.2. The number of hydrogen-bond acceptors (Lipinski definition) is 5. The van der Waals surface area contributed by atoms with Gasteiger partial charge in [0.1, 0.15) is 5.82 Å². The Morgan fingerprint density at radius 2 is 2.22 bits per heavy atom. The molecule has 1 aromatic carbocycles. The molecule has 2 N–H and O–H groups in total. The van der Waals surface area contributed by atoms with Gasteiger partial charge >= 0.3 is 0 Å². The molecule has 3 aromatic rings. The van der Waals surface area contributed by atoms with Crippen LogP contribution in [0.1, 0.15) is 10.7 Å². The summed E-state index contributed by atoms with van der Waals surface area (Å²) in [7, 11) is 0. The molecule has 2 heterocycles. The van der Waals surface area contributed by atoms with Crippen molar-refractivity contribution in [2.75, 3.05) is 11.9 Å². The van der Waals surface area contributed by atoms with E-state index in [1.54, 1.807) is 16.0 Å². The minimum atomic E-state index is 0.0289. The predicted molar refractivity (Wildman–Crippen MR) is 93.9 cm³/mol. The Balaban J connectivity index is 1.83. The molecule has 0 spiro atoms. The van der Waals surface area contributed by atoms with Crippen LogP contribution in [0.25, 0.3) is 11.3 Å². The SMILES string of the molecule is Cc1nc(CNc2cc(-c3cccc(Cl)c3)nn2CCO)cs1. The van der Waals surface area contributed by atoms with E-state index in [0.717, 1.165) is 27.8 Å². The highest BCUT2D eigenvalue weighted by Crippen LogP contribution is 2.25. The lowest BCUT2D eigenvalue weighted by Gasteiger charge is -2.07. The second-order valence-corrected chi connectivity index (χ2v) is 6.58. The summed E-state index contributed by atoms with van der Waals surface area (Å²) in [5, 5.41) is 20.9. The first-order valence-corrected chi connectivity index (χ1v) is 8.51. The Labute approximate surface area is 143 Å². The molecule has 0 saturated heterocycles. The van der Waals surface area contributed by atoms with Crippen molar-refractivity contribution in [2.45, 2.75) is 20.0 Å². The molecule has 23 heavy (non-hydrogen) atoms. The summed E-state index contributed by atoms with van der Waals surface area (Å²) in [6.45, 7) is 3.07. The molecule has 7 heteroatoms. The van der Waals surface area contributed by atoms with Crippen molar-refractivity contribution in [2.24, 2.45) is 0 Å². The van der Waals surface area contributed by atoms with E-state index in [-0.39, 0.29) is 6.61 Å². The lowest BCUT2D eigenvalue weighted by atomic mass is 10.1. The van der Waals surface area contributed by atoms with Crippen LogP contribution in [0.2, 0.25) is 5.02 Å². The lowest BCUT2D eigenvalue weighted by molar-refractivity contribution is 0.270. The third-order valence-electron chi connectivity index (χ3n) is 3.33. The van der Waals surface area contributed by atoms with Crippen LogP contribution in [-0.2, 0) is 13.1 Å². The molecule has 0 radical (unpaired) electrons. The Morgan fingerprint density at radius 3 is 2.91 bits per heavy atom. The number of benzene rings is 1. The molecule has 120 valence electrons. The van der Waals surface area contributed by atoms with E-state index in [1.807, 2.05) is 42.6 Å². The Morgan fingerprint density at radius 1 is 1.35 bits per heavy atom. The van der Waals surface area contributed by atoms with Crippen molar-refractivity contribution in [1.82, 2.24) is 14.8 Å². The monoisotopic (exact) mass is 348 g/mol.